The topological polar surface area (TPSA) is 51.2 Å². The van der Waals surface area contributed by atoms with E-state index in [1.54, 1.807) is 12.3 Å². The predicted octanol–water partition coefficient (Wildman–Crippen LogP) is 4.71. The van der Waals surface area contributed by atoms with Crippen molar-refractivity contribution in [3.05, 3.63) is 36.5 Å². The van der Waals surface area contributed by atoms with Crippen LogP contribution in [0.2, 0.25) is 0 Å². The van der Waals surface area contributed by atoms with E-state index in [1.807, 2.05) is 12.1 Å². The van der Waals surface area contributed by atoms with Gasteiger partial charge in [-0.3, -0.25) is 4.79 Å². The van der Waals surface area contributed by atoms with Gasteiger partial charge in [0.15, 0.2) is 0 Å². The van der Waals surface area contributed by atoms with Gasteiger partial charge in [0, 0.05) is 31.7 Å². The van der Waals surface area contributed by atoms with Crippen LogP contribution in [0.4, 0.5) is 0 Å². The monoisotopic (exact) mass is 364 g/mol. The van der Waals surface area contributed by atoms with Crippen molar-refractivity contribution in [2.45, 2.75) is 51.0 Å². The first kappa shape index (κ1) is 21.7. The molecule has 1 heterocycles. The van der Waals surface area contributed by atoms with Gasteiger partial charge in [0.25, 0.3) is 5.91 Å². The van der Waals surface area contributed by atoms with Gasteiger partial charge in [0.05, 0.1) is 5.56 Å². The van der Waals surface area contributed by atoms with Crippen molar-refractivity contribution >= 4 is 17.7 Å². The van der Waals surface area contributed by atoms with Gasteiger partial charge in [-0.1, -0.05) is 39.2 Å². The summed E-state index contributed by atoms with van der Waals surface area (Å²) in [5, 5.41) is 3.70. The summed E-state index contributed by atoms with van der Waals surface area (Å²) in [6, 6.07) is 3.60. The molecule has 25 heavy (non-hydrogen) atoms. The molecule has 0 saturated heterocycles. The molecule has 1 unspecified atom stereocenters. The predicted molar refractivity (Wildman–Crippen MR) is 106 cm³/mol. The highest BCUT2D eigenvalue weighted by Gasteiger charge is 2.11. The summed E-state index contributed by atoms with van der Waals surface area (Å²) in [6.07, 6.45) is 9.27. The van der Waals surface area contributed by atoms with E-state index in [9.17, 15) is 4.79 Å². The van der Waals surface area contributed by atoms with Gasteiger partial charge in [0.2, 0.25) is 0 Å². The molecule has 0 aliphatic heterocycles. The average molecular weight is 365 g/mol. The minimum Gasteiger partial charge on any atom is -0.381 e. The molecule has 4 nitrogen and oxygen atoms in total. The van der Waals surface area contributed by atoms with Crippen LogP contribution in [-0.2, 0) is 4.74 Å². The highest BCUT2D eigenvalue weighted by Crippen LogP contribution is 2.19. The summed E-state index contributed by atoms with van der Waals surface area (Å²) in [6.45, 7) is 10.3. The number of nitrogens with zero attached hydrogens (tertiary/aromatic N) is 1. The number of nitrogens with one attached hydrogen (secondary N) is 1. The van der Waals surface area contributed by atoms with Crippen molar-refractivity contribution < 1.29 is 9.53 Å². The van der Waals surface area contributed by atoms with Crippen molar-refractivity contribution in [3.63, 3.8) is 0 Å². The van der Waals surface area contributed by atoms with Gasteiger partial charge in [-0.05, 0) is 30.9 Å². The molecule has 0 saturated carbocycles. The van der Waals surface area contributed by atoms with Gasteiger partial charge >= 0.3 is 0 Å². The number of pyridine rings is 1. The Hall–Kier alpha value is -1.33. The fourth-order valence-electron chi connectivity index (χ4n) is 2.44. The van der Waals surface area contributed by atoms with E-state index in [0.29, 0.717) is 24.6 Å². The van der Waals surface area contributed by atoms with Crippen LogP contribution >= 0.6 is 11.8 Å². The second-order valence-corrected chi connectivity index (χ2v) is 7.07. The number of amides is 1. The molecule has 0 bridgehead atoms. The SMILES string of the molecule is C=CCSc1ncccc1C(=O)NCCCOCC(CC)CCCC. The highest BCUT2D eigenvalue weighted by atomic mass is 32.2. The molecule has 0 aromatic carbocycles. The van der Waals surface area contributed by atoms with Crippen LogP contribution in [0, 0.1) is 5.92 Å². The number of aromatic nitrogens is 1. The van der Waals surface area contributed by atoms with Gasteiger partial charge in [-0.2, -0.15) is 0 Å². The molecule has 5 heteroatoms. The standard InChI is InChI=1S/C20H32N2O2S/c1-4-7-10-17(6-3)16-24-14-9-13-21-19(23)18-11-8-12-22-20(18)25-15-5-2/h5,8,11-12,17H,2,4,6-7,9-10,13-16H2,1,3H3,(H,21,23). The Morgan fingerprint density at radius 2 is 2.28 bits per heavy atom. The smallest absolute Gasteiger partial charge is 0.254 e. The summed E-state index contributed by atoms with van der Waals surface area (Å²) in [7, 11) is 0. The van der Waals surface area contributed by atoms with E-state index < -0.39 is 0 Å². The van der Waals surface area contributed by atoms with E-state index in [1.165, 1.54) is 37.4 Å². The van der Waals surface area contributed by atoms with Crippen LogP contribution in [0.1, 0.15) is 56.3 Å². The summed E-state index contributed by atoms with van der Waals surface area (Å²) in [5.41, 5.74) is 0.626. The van der Waals surface area contributed by atoms with Crippen molar-refractivity contribution in [2.24, 2.45) is 5.92 Å². The summed E-state index contributed by atoms with van der Waals surface area (Å²) in [5.74, 6) is 1.32. The largest absolute Gasteiger partial charge is 0.381 e. The number of ether oxygens (including phenoxy) is 1. The maximum absolute atomic E-state index is 12.3. The summed E-state index contributed by atoms with van der Waals surface area (Å²) in [4.78, 5) is 16.6. The van der Waals surface area contributed by atoms with Crippen molar-refractivity contribution in [1.29, 1.82) is 0 Å². The first-order valence-electron chi connectivity index (χ1n) is 9.27. The molecule has 0 radical (unpaired) electrons. The second-order valence-electron chi connectivity index (χ2n) is 6.06. The average Bonchev–Trinajstić information content (AvgIpc) is 2.65. The lowest BCUT2D eigenvalue weighted by Crippen LogP contribution is -2.26. The van der Waals surface area contributed by atoms with Gasteiger partial charge in [0.1, 0.15) is 5.03 Å². The lowest BCUT2D eigenvalue weighted by atomic mass is 10.0. The van der Waals surface area contributed by atoms with Crippen molar-refractivity contribution in [1.82, 2.24) is 10.3 Å². The fourth-order valence-corrected chi connectivity index (χ4v) is 3.16. The van der Waals surface area contributed by atoms with Crippen LogP contribution in [0.25, 0.3) is 0 Å². The number of hydrogen-bond acceptors (Lipinski definition) is 4. The first-order chi connectivity index (χ1) is 12.2. The quantitative estimate of drug-likeness (QED) is 0.295. The van der Waals surface area contributed by atoms with E-state index in [-0.39, 0.29) is 5.91 Å². The first-order valence-corrected chi connectivity index (χ1v) is 10.3. The maximum Gasteiger partial charge on any atom is 0.254 e. The normalized spacial score (nSPS) is 11.9. The Balaban J connectivity index is 2.25. The third-order valence-corrected chi connectivity index (χ3v) is 5.00. The Bertz CT molecular complexity index is 508. The van der Waals surface area contributed by atoms with Crippen molar-refractivity contribution in [2.75, 3.05) is 25.5 Å². The molecule has 1 rings (SSSR count). The Kier molecular flexibility index (Phi) is 12.1. The molecule has 0 aliphatic carbocycles. The minimum atomic E-state index is -0.0750. The van der Waals surface area contributed by atoms with Gasteiger partial charge < -0.3 is 10.1 Å². The zero-order valence-electron chi connectivity index (χ0n) is 15.6. The molecular weight excluding hydrogens is 332 g/mol. The number of unbranched alkanes of at least 4 members (excludes halogenated alkanes) is 1. The molecule has 1 aromatic rings. The maximum atomic E-state index is 12.3. The van der Waals surface area contributed by atoms with Crippen LogP contribution in [0.15, 0.2) is 36.0 Å². The minimum absolute atomic E-state index is 0.0750. The second kappa shape index (κ2) is 13.9. The molecule has 0 fully saturated rings. The molecule has 140 valence electrons. The van der Waals surface area contributed by atoms with E-state index in [0.717, 1.165) is 23.8 Å². The Morgan fingerprint density at radius 3 is 3.00 bits per heavy atom. The Labute approximate surface area is 156 Å². The van der Waals surface area contributed by atoms with Crippen LogP contribution in [0.3, 0.4) is 0 Å². The van der Waals surface area contributed by atoms with Crippen molar-refractivity contribution in [3.8, 4) is 0 Å². The lowest BCUT2D eigenvalue weighted by Gasteiger charge is -2.14. The summed E-state index contributed by atoms with van der Waals surface area (Å²) >= 11 is 1.52. The number of rotatable bonds is 14. The summed E-state index contributed by atoms with van der Waals surface area (Å²) < 4.78 is 5.77. The third-order valence-electron chi connectivity index (χ3n) is 4.00. The molecular formula is C20H32N2O2S. The zero-order valence-corrected chi connectivity index (χ0v) is 16.4. The number of carbonyl (C=O) groups excluding carboxylic acids is 1. The molecule has 1 N–H and O–H groups in total. The molecule has 1 amide bonds. The van der Waals surface area contributed by atoms with E-state index >= 15 is 0 Å². The van der Waals surface area contributed by atoms with Crippen LogP contribution in [-0.4, -0.2) is 36.4 Å². The van der Waals surface area contributed by atoms with Crippen LogP contribution < -0.4 is 5.32 Å². The number of carbonyl (C=O) groups is 1. The Morgan fingerprint density at radius 1 is 1.44 bits per heavy atom. The molecule has 1 aromatic heterocycles. The van der Waals surface area contributed by atoms with E-state index in [2.05, 4.69) is 30.7 Å². The lowest BCUT2D eigenvalue weighted by molar-refractivity contribution is 0.0874. The fraction of sp³-hybridized carbons (Fsp3) is 0.600. The third kappa shape index (κ3) is 9.07. The van der Waals surface area contributed by atoms with E-state index in [4.69, 9.17) is 4.74 Å². The van der Waals surface area contributed by atoms with Gasteiger partial charge in [-0.25, -0.2) is 4.98 Å². The van der Waals surface area contributed by atoms with Gasteiger partial charge in [-0.15, -0.1) is 18.3 Å². The molecule has 0 aliphatic rings. The molecule has 1 atom stereocenters. The molecule has 0 spiro atoms. The van der Waals surface area contributed by atoms with Crippen LogP contribution in [0.5, 0.6) is 0 Å². The number of hydrogen-bond donors (Lipinski definition) is 1. The zero-order chi connectivity index (χ0) is 18.3. The highest BCUT2D eigenvalue weighted by molar-refractivity contribution is 7.99. The number of thioether (sulfide) groups is 1.